The zero-order valence-electron chi connectivity index (χ0n) is 2.75. The van der Waals surface area contributed by atoms with Gasteiger partial charge < -0.3 is 11.0 Å². The molecule has 32 valence electrons. The average Bonchev–Trinajstić information content (AvgIpc) is 0.918. The van der Waals surface area contributed by atoms with Crippen LogP contribution in [-0.4, -0.2) is 19.6 Å². The quantitative estimate of drug-likeness (QED) is 0.423. The maximum atomic E-state index is 8.57. The molecule has 0 aliphatic rings. The smallest absolute Gasteiger partial charge is 4.00 e. The second-order valence-corrected chi connectivity index (χ2v) is 0.316. The Bertz CT molecular complexity index is 15.0. The maximum Gasteiger partial charge on any atom is 4.00 e. The molecule has 0 aromatic heterocycles. The summed E-state index contributed by atoms with van der Waals surface area (Å²) in [6, 6.07) is 0. The molecule has 0 saturated carbocycles. The van der Waals surface area contributed by atoms with E-state index in [1.165, 1.54) is 0 Å². The number of hydrogen-bond acceptors (Lipinski definition) is 1. The van der Waals surface area contributed by atoms with Crippen molar-refractivity contribution in [3.05, 3.63) is 0 Å². The van der Waals surface area contributed by atoms with Crippen molar-refractivity contribution in [1.29, 1.82) is 0 Å². The molecule has 0 heterocycles. The van der Waals surface area contributed by atoms with Gasteiger partial charge in [-0.2, -0.15) is 0 Å². The molecule has 4 nitrogen and oxygen atoms in total. The molecule has 0 amide bonds. The summed E-state index contributed by atoms with van der Waals surface area (Å²) in [7, 11) is 0. The summed E-state index contributed by atoms with van der Waals surface area (Å²) in [5.74, 6) is 0. The molecule has 6 heavy (non-hydrogen) atoms. The molecule has 0 fully saturated rings. The van der Waals surface area contributed by atoms with Crippen molar-refractivity contribution >= 4 is 15.5 Å². The van der Waals surface area contributed by atoms with Gasteiger partial charge >= 0.3 is 45.2 Å². The molecule has 0 atom stereocenters. The van der Waals surface area contributed by atoms with Crippen LogP contribution in [0.25, 0.3) is 0 Å². The first-order valence-corrected chi connectivity index (χ1v) is 1.48. The van der Waals surface area contributed by atoms with Crippen LogP contribution in [0.5, 0.6) is 0 Å². The van der Waals surface area contributed by atoms with E-state index < -0.39 is 15.5 Å². The Balaban J connectivity index is -0.00000000667. The van der Waals surface area contributed by atoms with Gasteiger partial charge in [0.15, 0.2) is 0 Å². The minimum Gasteiger partial charge on any atom is 4.00 e. The van der Waals surface area contributed by atoms with Crippen molar-refractivity contribution in [2.45, 2.75) is 0 Å². The summed E-state index contributed by atoms with van der Waals surface area (Å²) in [6.45, 7) is 0. The third-order valence-corrected chi connectivity index (χ3v) is 0. The van der Waals surface area contributed by atoms with Crippen LogP contribution in [0, 0.1) is 0 Å². The molecule has 0 bridgehead atoms. The fourth-order valence-electron chi connectivity index (χ4n) is 0. The van der Waals surface area contributed by atoms with E-state index in [-0.39, 0.29) is 32.7 Å². The van der Waals surface area contributed by atoms with Gasteiger partial charge in [-0.15, -0.1) is 0 Å². The predicted octanol–water partition coefficient (Wildman–Crippen LogP) is -1.30. The Labute approximate surface area is 56.3 Å². The van der Waals surface area contributed by atoms with Crippen LogP contribution >= 0.6 is 0 Å². The molecule has 0 spiro atoms. The van der Waals surface area contributed by atoms with Crippen LogP contribution in [0.4, 0.5) is 0 Å². The standard InChI is InChI=1S/Al.H2O.3O.Ti/h;1H2;;;;/q+1;;;2*-2;+4/p-1. The fraction of sp³-hybridized carbons (Fsp3) is 0. The molecule has 0 rings (SSSR count). The van der Waals surface area contributed by atoms with Crippen molar-refractivity contribution in [3.8, 4) is 0 Å². The summed E-state index contributed by atoms with van der Waals surface area (Å²) < 4.78 is 15.7. The third-order valence-electron chi connectivity index (χ3n) is 0. The fourth-order valence-corrected chi connectivity index (χ4v) is 0. The van der Waals surface area contributed by atoms with E-state index in [0.717, 1.165) is 0 Å². The van der Waals surface area contributed by atoms with Crippen LogP contribution in [0.3, 0.4) is 0 Å². The summed E-state index contributed by atoms with van der Waals surface area (Å²) in [4.78, 5) is 0. The van der Waals surface area contributed by atoms with Crippen molar-refractivity contribution in [1.82, 2.24) is 0 Å². The molecule has 0 aromatic carbocycles. The van der Waals surface area contributed by atoms with Gasteiger partial charge in [-0.3, -0.25) is 0 Å². The molecule has 0 radical (unpaired) electrons. The van der Waals surface area contributed by atoms with E-state index in [4.69, 9.17) is 7.96 Å². The van der Waals surface area contributed by atoms with E-state index in [9.17, 15) is 0 Å². The van der Waals surface area contributed by atoms with Crippen LogP contribution in [0.2, 0.25) is 0 Å². The molecule has 0 aliphatic carbocycles. The Morgan fingerprint density at radius 2 is 1.33 bits per heavy atom. The van der Waals surface area contributed by atoms with E-state index >= 15 is 0 Å². The molecule has 1 N–H and O–H groups in total. The topological polar surface area (TPSA) is 94.3 Å². The molecule has 6 heteroatoms. The van der Waals surface area contributed by atoms with E-state index in [2.05, 4.69) is 0 Å². The van der Waals surface area contributed by atoms with Gasteiger partial charge in [-0.25, -0.2) is 0 Å². The van der Waals surface area contributed by atoms with Crippen molar-refractivity contribution < 1.29 is 40.6 Å². The summed E-state index contributed by atoms with van der Waals surface area (Å²) >= 11 is -1.50. The normalized spacial score (nSPS) is 1.33. The summed E-state index contributed by atoms with van der Waals surface area (Å²) in [5.41, 5.74) is 0. The van der Waals surface area contributed by atoms with Gasteiger partial charge in [-0.1, -0.05) is 0 Å². The zero-order chi connectivity index (χ0) is 2.71. The summed E-state index contributed by atoms with van der Waals surface area (Å²) in [6.07, 6.45) is 0. The Kier molecular flexibility index (Phi) is 206. The number of rotatable bonds is 0. The maximum absolute atomic E-state index is 8.57. The van der Waals surface area contributed by atoms with E-state index in [0.29, 0.717) is 0 Å². The van der Waals surface area contributed by atoms with Crippen LogP contribution in [0.15, 0.2) is 0 Å². The predicted molar refractivity (Wildman–Crippen MR) is 10.0 cm³/mol. The van der Waals surface area contributed by atoms with Gasteiger partial charge in [0.25, 0.3) is 0 Å². The molecule has 0 aromatic rings. The van der Waals surface area contributed by atoms with E-state index in [1.807, 2.05) is 0 Å². The second-order valence-electron chi connectivity index (χ2n) is 0.105. The Morgan fingerprint density at radius 3 is 1.33 bits per heavy atom. The zero-order valence-corrected chi connectivity index (χ0v) is 5.47. The van der Waals surface area contributed by atoms with Gasteiger partial charge in [0.2, 0.25) is 0 Å². The first-order valence-electron chi connectivity index (χ1n) is 0.494. The Hall–Kier alpha value is 0.767. The number of hydrogen-bond donors (Lipinski definition) is 1. The van der Waals surface area contributed by atoms with Crippen molar-refractivity contribution in [3.63, 3.8) is 0 Å². The first kappa shape index (κ1) is 29.4. The van der Waals surface area contributed by atoms with Crippen LogP contribution in [0.1, 0.15) is 0 Å². The van der Waals surface area contributed by atoms with Crippen LogP contribution in [-0.2, 0) is 36.5 Å². The first-order chi connectivity index (χ1) is 1.41. The SMILES string of the molecule is [O-2].[O-2].[O]=[Al][OH].[Ti+4]. The molecular weight excluding hydrogens is 139 g/mol. The minimum absolute atomic E-state index is 0. The minimum atomic E-state index is -1.50. The second kappa shape index (κ2) is 42.0. The summed E-state index contributed by atoms with van der Waals surface area (Å²) in [5, 5.41) is 0. The van der Waals surface area contributed by atoms with Crippen molar-refractivity contribution in [2.24, 2.45) is 0 Å². The molecular formula is HAlO4Ti. The van der Waals surface area contributed by atoms with Crippen LogP contribution < -0.4 is 0 Å². The van der Waals surface area contributed by atoms with E-state index in [1.54, 1.807) is 0 Å². The van der Waals surface area contributed by atoms with Gasteiger partial charge in [0.1, 0.15) is 0 Å². The largest absolute Gasteiger partial charge is 4.00 e. The average molecular weight is 140 g/mol. The van der Waals surface area contributed by atoms with Crippen molar-refractivity contribution in [2.75, 3.05) is 0 Å². The molecule has 0 aliphatic heterocycles. The Morgan fingerprint density at radius 1 is 1.33 bits per heavy atom. The van der Waals surface area contributed by atoms with Gasteiger partial charge in [-0.05, 0) is 0 Å². The monoisotopic (exact) mass is 140 g/mol. The molecule has 0 saturated heterocycles. The van der Waals surface area contributed by atoms with Gasteiger partial charge in [0, 0.05) is 0 Å². The third kappa shape index (κ3) is 115. The van der Waals surface area contributed by atoms with Gasteiger partial charge in [0.05, 0.1) is 0 Å². The molecule has 0 unspecified atom stereocenters.